The van der Waals surface area contributed by atoms with E-state index < -0.39 is 12.1 Å². The van der Waals surface area contributed by atoms with Crippen LogP contribution in [0.25, 0.3) is 0 Å². The van der Waals surface area contributed by atoms with Crippen LogP contribution >= 0.6 is 0 Å². The van der Waals surface area contributed by atoms with E-state index in [-0.39, 0.29) is 12.5 Å². The molecule has 0 aliphatic carbocycles. The maximum absolute atomic E-state index is 12.3. The first kappa shape index (κ1) is 51.9. The molecule has 53 heavy (non-hydrogen) atoms. The number of carbonyl (C=O) groups excluding carboxylic acids is 1. The van der Waals surface area contributed by atoms with Gasteiger partial charge in [0.1, 0.15) is 0 Å². The van der Waals surface area contributed by atoms with Crippen molar-refractivity contribution in [3.8, 4) is 0 Å². The number of rotatable bonds is 44. The van der Waals surface area contributed by atoms with Crippen LogP contribution in [0.2, 0.25) is 0 Å². The highest BCUT2D eigenvalue weighted by molar-refractivity contribution is 5.76. The van der Waals surface area contributed by atoms with Crippen LogP contribution in [0.5, 0.6) is 0 Å². The Balaban J connectivity index is 3.34. The number of hydrogen-bond donors (Lipinski definition) is 3. The average molecular weight is 746 g/mol. The van der Waals surface area contributed by atoms with Gasteiger partial charge in [-0.25, -0.2) is 0 Å². The second-order valence-electron chi connectivity index (χ2n) is 16.5. The first-order chi connectivity index (χ1) is 26.2. The summed E-state index contributed by atoms with van der Waals surface area (Å²) < 4.78 is 0. The Bertz CT molecular complexity index is 765. The van der Waals surface area contributed by atoms with Gasteiger partial charge in [0.05, 0.1) is 18.8 Å². The summed E-state index contributed by atoms with van der Waals surface area (Å²) in [5.41, 5.74) is 0. The predicted octanol–water partition coefficient (Wildman–Crippen LogP) is 15.2. The van der Waals surface area contributed by atoms with Crippen LogP contribution in [0.15, 0.2) is 24.3 Å². The summed E-state index contributed by atoms with van der Waals surface area (Å²) in [6, 6.07) is -0.632. The lowest BCUT2D eigenvalue weighted by atomic mass is 10.0. The highest BCUT2D eigenvalue weighted by atomic mass is 16.3. The van der Waals surface area contributed by atoms with Crippen LogP contribution in [0.4, 0.5) is 0 Å². The lowest BCUT2D eigenvalue weighted by Gasteiger charge is -2.19. The third-order valence-electron chi connectivity index (χ3n) is 11.2. The molecule has 314 valence electrons. The van der Waals surface area contributed by atoms with Crippen LogP contribution in [-0.4, -0.2) is 34.9 Å². The largest absolute Gasteiger partial charge is 0.394 e. The molecule has 1 amide bonds. The number of allylic oxidation sites excluding steroid dienone is 3. The van der Waals surface area contributed by atoms with Gasteiger partial charge in [0, 0.05) is 6.42 Å². The lowest BCUT2D eigenvalue weighted by Crippen LogP contribution is -2.45. The number of nitrogens with one attached hydrogen (secondary N) is 1. The Hall–Kier alpha value is -1.13. The Morgan fingerprint density at radius 2 is 0.736 bits per heavy atom. The van der Waals surface area contributed by atoms with E-state index in [1.807, 2.05) is 6.08 Å². The van der Waals surface area contributed by atoms with E-state index in [2.05, 4.69) is 31.3 Å². The fraction of sp³-hybridized carbons (Fsp3) is 0.898. The molecule has 0 rings (SSSR count). The smallest absolute Gasteiger partial charge is 0.220 e. The van der Waals surface area contributed by atoms with Gasteiger partial charge in [-0.3, -0.25) is 4.79 Å². The van der Waals surface area contributed by atoms with Crippen LogP contribution in [0, 0.1) is 0 Å². The first-order valence-corrected chi connectivity index (χ1v) is 24.1. The molecule has 2 unspecified atom stereocenters. The van der Waals surface area contributed by atoms with Crippen molar-refractivity contribution in [2.45, 2.75) is 276 Å². The van der Waals surface area contributed by atoms with Gasteiger partial charge in [0.25, 0.3) is 0 Å². The van der Waals surface area contributed by atoms with E-state index in [1.54, 1.807) is 6.08 Å². The molecule has 0 aliphatic heterocycles. The van der Waals surface area contributed by atoms with Gasteiger partial charge in [-0.2, -0.15) is 0 Å². The van der Waals surface area contributed by atoms with Crippen LogP contribution in [0.3, 0.4) is 0 Å². The minimum absolute atomic E-state index is 0.0731. The molecule has 0 heterocycles. The molecule has 2 atom stereocenters. The van der Waals surface area contributed by atoms with Crippen molar-refractivity contribution in [3.05, 3.63) is 24.3 Å². The summed E-state index contributed by atoms with van der Waals surface area (Å²) in [5, 5.41) is 22.8. The third-order valence-corrected chi connectivity index (χ3v) is 11.2. The van der Waals surface area contributed by atoms with Gasteiger partial charge in [-0.1, -0.05) is 256 Å². The van der Waals surface area contributed by atoms with Crippen LogP contribution < -0.4 is 5.32 Å². The summed E-state index contributed by atoms with van der Waals surface area (Å²) in [4.78, 5) is 12.3. The maximum atomic E-state index is 12.3. The molecule has 0 aromatic carbocycles. The number of amides is 1. The number of carbonyl (C=O) groups is 1. The molecule has 0 aromatic rings. The minimum Gasteiger partial charge on any atom is -0.394 e. The second kappa shape index (κ2) is 45.3. The van der Waals surface area contributed by atoms with Crippen LogP contribution in [-0.2, 0) is 4.79 Å². The monoisotopic (exact) mass is 746 g/mol. The van der Waals surface area contributed by atoms with Crippen molar-refractivity contribution in [1.82, 2.24) is 5.32 Å². The molecule has 0 spiro atoms. The fourth-order valence-electron chi connectivity index (χ4n) is 7.48. The molecule has 0 aromatic heterocycles. The van der Waals surface area contributed by atoms with Crippen molar-refractivity contribution in [1.29, 1.82) is 0 Å². The van der Waals surface area contributed by atoms with Crippen LogP contribution in [0.1, 0.15) is 264 Å². The Morgan fingerprint density at radius 3 is 1.08 bits per heavy atom. The predicted molar refractivity (Wildman–Crippen MR) is 235 cm³/mol. The summed E-state index contributed by atoms with van der Waals surface area (Å²) in [6.45, 7) is 4.24. The molecule has 4 heteroatoms. The molecular weight excluding hydrogens is 651 g/mol. The number of hydrogen-bond acceptors (Lipinski definition) is 3. The first-order valence-electron chi connectivity index (χ1n) is 24.1. The van der Waals surface area contributed by atoms with E-state index in [0.29, 0.717) is 6.42 Å². The van der Waals surface area contributed by atoms with Gasteiger partial charge >= 0.3 is 0 Å². The van der Waals surface area contributed by atoms with Crippen molar-refractivity contribution in [2.24, 2.45) is 0 Å². The Morgan fingerprint density at radius 1 is 0.434 bits per heavy atom. The standard InChI is InChI=1S/C49H95NO3/c1-3-5-7-9-11-13-14-15-16-17-18-19-20-21-22-23-24-25-26-27-28-29-30-31-32-33-34-35-36-37-39-41-43-45-49(53)50-47(46-51)48(52)44-42-40-38-12-10-8-6-4-2/h10,12,42,44,47-48,51-52H,3-9,11,13-41,43,45-46H2,1-2H3,(H,50,53)/b12-10+,44-42+. The summed E-state index contributed by atoms with van der Waals surface area (Å²) >= 11 is 0. The van der Waals surface area contributed by atoms with Crippen molar-refractivity contribution in [3.63, 3.8) is 0 Å². The number of unbranched alkanes of at least 4 members (excludes halogenated alkanes) is 35. The third kappa shape index (κ3) is 41.9. The number of aliphatic hydroxyl groups is 2. The highest BCUT2D eigenvalue weighted by Crippen LogP contribution is 2.17. The minimum atomic E-state index is -0.855. The second-order valence-corrected chi connectivity index (χ2v) is 16.5. The average Bonchev–Trinajstić information content (AvgIpc) is 3.16. The highest BCUT2D eigenvalue weighted by Gasteiger charge is 2.17. The topological polar surface area (TPSA) is 69.6 Å². The van der Waals surface area contributed by atoms with Gasteiger partial charge in [0.2, 0.25) is 5.91 Å². The maximum Gasteiger partial charge on any atom is 0.220 e. The fourth-order valence-corrected chi connectivity index (χ4v) is 7.48. The molecule has 0 saturated carbocycles. The SMILES string of the molecule is CCCC/C=C/CC/C=C/C(O)C(CO)NC(=O)CCCCCCCCCCCCCCCCCCCCCCCCCCCCCCCCCCC. The van der Waals surface area contributed by atoms with Gasteiger partial charge in [0.15, 0.2) is 0 Å². The zero-order chi connectivity index (χ0) is 38.6. The van der Waals surface area contributed by atoms with Crippen molar-refractivity contribution >= 4 is 5.91 Å². The normalized spacial score (nSPS) is 13.1. The van der Waals surface area contributed by atoms with Gasteiger partial charge < -0.3 is 15.5 Å². The quantitative estimate of drug-likeness (QED) is 0.0430. The van der Waals surface area contributed by atoms with Crippen molar-refractivity contribution < 1.29 is 15.0 Å². The molecular formula is C49H95NO3. The molecule has 3 N–H and O–H groups in total. The van der Waals surface area contributed by atoms with Gasteiger partial charge in [-0.05, 0) is 25.7 Å². The molecule has 0 aliphatic rings. The van der Waals surface area contributed by atoms with Gasteiger partial charge in [-0.15, -0.1) is 0 Å². The molecule has 0 saturated heterocycles. The number of aliphatic hydroxyl groups excluding tert-OH is 2. The lowest BCUT2D eigenvalue weighted by molar-refractivity contribution is -0.123. The Kier molecular flexibility index (Phi) is 44.3. The zero-order valence-electron chi connectivity index (χ0n) is 36.1. The van der Waals surface area contributed by atoms with E-state index in [1.165, 1.54) is 212 Å². The summed E-state index contributed by atoms with van der Waals surface area (Å²) in [7, 11) is 0. The van der Waals surface area contributed by atoms with Crippen molar-refractivity contribution in [2.75, 3.05) is 6.61 Å². The van der Waals surface area contributed by atoms with E-state index >= 15 is 0 Å². The molecule has 0 fully saturated rings. The summed E-state index contributed by atoms with van der Waals surface area (Å²) in [5.74, 6) is -0.0731. The molecule has 4 nitrogen and oxygen atoms in total. The van der Waals surface area contributed by atoms with E-state index in [0.717, 1.165) is 32.1 Å². The van der Waals surface area contributed by atoms with E-state index in [4.69, 9.17) is 0 Å². The molecule has 0 radical (unpaired) electrons. The zero-order valence-corrected chi connectivity index (χ0v) is 36.1. The summed E-state index contributed by atoms with van der Waals surface area (Å²) in [6.07, 6.45) is 59.2. The Labute approximate surface area is 332 Å². The molecule has 0 bridgehead atoms. The van der Waals surface area contributed by atoms with E-state index in [9.17, 15) is 15.0 Å².